The average molecular weight is 336 g/mol. The molecule has 1 aliphatic heterocycles. The number of thiophene rings is 1. The number of thioether (sulfide) groups is 1. The topological polar surface area (TPSA) is 59.8 Å². The highest BCUT2D eigenvalue weighted by Crippen LogP contribution is 2.28. The van der Waals surface area contributed by atoms with Crippen molar-refractivity contribution in [2.24, 2.45) is 7.05 Å². The first-order valence-electron chi connectivity index (χ1n) is 7.46. The molecule has 0 saturated carbocycles. The first kappa shape index (κ1) is 15.7. The summed E-state index contributed by atoms with van der Waals surface area (Å²) in [4.78, 5) is 12.2. The highest BCUT2D eigenvalue weighted by molar-refractivity contribution is 7.98. The molecule has 1 N–H and O–H groups in total. The predicted molar refractivity (Wildman–Crippen MR) is 89.7 cm³/mol. The molecule has 5 nitrogen and oxygen atoms in total. The molecule has 0 bridgehead atoms. The van der Waals surface area contributed by atoms with Crippen molar-refractivity contribution in [2.45, 2.75) is 36.6 Å². The zero-order valence-corrected chi connectivity index (χ0v) is 14.5. The smallest absolute Gasteiger partial charge is 0.191 e. The number of nitrogens with zero attached hydrogens (tertiary/aromatic N) is 3. The van der Waals surface area contributed by atoms with E-state index in [1.54, 1.807) is 18.7 Å². The van der Waals surface area contributed by atoms with Crippen LogP contribution in [0, 0.1) is 0 Å². The van der Waals surface area contributed by atoms with E-state index in [9.17, 15) is 4.79 Å². The van der Waals surface area contributed by atoms with Crippen LogP contribution in [0.1, 0.15) is 46.7 Å². The van der Waals surface area contributed by atoms with Crippen molar-refractivity contribution >= 4 is 28.9 Å². The van der Waals surface area contributed by atoms with Gasteiger partial charge in [0.15, 0.2) is 10.9 Å². The molecule has 0 amide bonds. The SMILES string of the molecule is CC(=O)c1cc(CSc2nnc(C3CCNCC3)n2C)cs1. The van der Waals surface area contributed by atoms with Crippen LogP contribution in [0.25, 0.3) is 0 Å². The fourth-order valence-electron chi connectivity index (χ4n) is 2.67. The molecule has 22 heavy (non-hydrogen) atoms. The summed E-state index contributed by atoms with van der Waals surface area (Å²) in [6.45, 7) is 3.72. The number of hydrogen-bond donors (Lipinski definition) is 1. The Labute approximate surface area is 138 Å². The number of aromatic nitrogens is 3. The van der Waals surface area contributed by atoms with E-state index in [0.29, 0.717) is 5.92 Å². The summed E-state index contributed by atoms with van der Waals surface area (Å²) in [6.07, 6.45) is 2.26. The normalized spacial score (nSPS) is 16.1. The van der Waals surface area contributed by atoms with Gasteiger partial charge in [-0.3, -0.25) is 4.79 Å². The van der Waals surface area contributed by atoms with Gasteiger partial charge in [0.1, 0.15) is 5.82 Å². The number of ketones is 1. The van der Waals surface area contributed by atoms with E-state index in [-0.39, 0.29) is 5.78 Å². The molecule has 0 unspecified atom stereocenters. The van der Waals surface area contributed by atoms with Crippen molar-refractivity contribution in [1.82, 2.24) is 20.1 Å². The van der Waals surface area contributed by atoms with Crippen LogP contribution < -0.4 is 5.32 Å². The molecule has 1 saturated heterocycles. The molecule has 2 aromatic heterocycles. The highest BCUT2D eigenvalue weighted by Gasteiger charge is 2.21. The summed E-state index contributed by atoms with van der Waals surface area (Å²) in [5.41, 5.74) is 1.17. The predicted octanol–water partition coefficient (Wildman–Crippen LogP) is 2.84. The Kier molecular flexibility index (Phi) is 4.95. The van der Waals surface area contributed by atoms with Crippen molar-refractivity contribution in [2.75, 3.05) is 13.1 Å². The number of rotatable bonds is 5. The van der Waals surface area contributed by atoms with Crippen molar-refractivity contribution in [3.05, 3.63) is 27.7 Å². The molecule has 0 spiro atoms. The Bertz CT molecular complexity index is 658. The van der Waals surface area contributed by atoms with Gasteiger partial charge >= 0.3 is 0 Å². The Morgan fingerprint density at radius 3 is 2.91 bits per heavy atom. The maximum atomic E-state index is 11.3. The van der Waals surface area contributed by atoms with Crippen molar-refractivity contribution in [3.63, 3.8) is 0 Å². The third-order valence-corrected chi connectivity index (χ3v) is 6.11. The van der Waals surface area contributed by atoms with E-state index in [1.165, 1.54) is 16.9 Å². The van der Waals surface area contributed by atoms with Gasteiger partial charge in [0.05, 0.1) is 4.88 Å². The Morgan fingerprint density at radius 2 is 2.23 bits per heavy atom. The lowest BCUT2D eigenvalue weighted by Crippen LogP contribution is -2.27. The van der Waals surface area contributed by atoms with Crippen molar-refractivity contribution in [3.8, 4) is 0 Å². The van der Waals surface area contributed by atoms with Crippen LogP contribution >= 0.6 is 23.1 Å². The van der Waals surface area contributed by atoms with Crippen LogP contribution in [0.5, 0.6) is 0 Å². The van der Waals surface area contributed by atoms with Crippen LogP contribution in [-0.2, 0) is 12.8 Å². The lowest BCUT2D eigenvalue weighted by atomic mass is 9.97. The summed E-state index contributed by atoms with van der Waals surface area (Å²) in [5.74, 6) is 2.56. The molecule has 0 radical (unpaired) electrons. The summed E-state index contributed by atoms with van der Waals surface area (Å²) in [6, 6.07) is 1.98. The van der Waals surface area contributed by atoms with E-state index in [0.717, 1.165) is 47.5 Å². The lowest BCUT2D eigenvalue weighted by Gasteiger charge is -2.21. The van der Waals surface area contributed by atoms with Gasteiger partial charge in [-0.25, -0.2) is 0 Å². The van der Waals surface area contributed by atoms with Gasteiger partial charge in [0, 0.05) is 18.7 Å². The fraction of sp³-hybridized carbons (Fsp3) is 0.533. The summed E-state index contributed by atoms with van der Waals surface area (Å²) < 4.78 is 2.12. The molecule has 3 heterocycles. The van der Waals surface area contributed by atoms with Gasteiger partial charge in [0.2, 0.25) is 0 Å². The Hall–Kier alpha value is -1.18. The minimum atomic E-state index is 0.133. The molecule has 2 aromatic rings. The van der Waals surface area contributed by atoms with Gasteiger partial charge in [-0.2, -0.15) is 0 Å². The monoisotopic (exact) mass is 336 g/mol. The molecular formula is C15H20N4OS2. The van der Waals surface area contributed by atoms with Gasteiger partial charge in [-0.05, 0) is 49.9 Å². The fourth-order valence-corrected chi connectivity index (χ4v) is 4.44. The molecule has 0 atom stereocenters. The highest BCUT2D eigenvalue weighted by atomic mass is 32.2. The molecule has 3 rings (SSSR count). The van der Waals surface area contributed by atoms with E-state index < -0.39 is 0 Å². The summed E-state index contributed by atoms with van der Waals surface area (Å²) >= 11 is 3.19. The molecule has 118 valence electrons. The van der Waals surface area contributed by atoms with Gasteiger partial charge in [-0.15, -0.1) is 21.5 Å². The van der Waals surface area contributed by atoms with Gasteiger partial charge in [-0.1, -0.05) is 11.8 Å². The molecule has 7 heteroatoms. The van der Waals surface area contributed by atoms with E-state index >= 15 is 0 Å². The molecule has 0 aliphatic carbocycles. The Balaban J connectivity index is 1.65. The van der Waals surface area contributed by atoms with E-state index in [4.69, 9.17) is 0 Å². The zero-order valence-electron chi connectivity index (χ0n) is 12.8. The van der Waals surface area contributed by atoms with E-state index in [2.05, 4.69) is 20.1 Å². The summed E-state index contributed by atoms with van der Waals surface area (Å²) in [7, 11) is 2.05. The number of carbonyl (C=O) groups excluding carboxylic acids is 1. The Morgan fingerprint density at radius 1 is 1.45 bits per heavy atom. The molecule has 1 aliphatic rings. The molecular weight excluding hydrogens is 316 g/mol. The minimum Gasteiger partial charge on any atom is -0.317 e. The van der Waals surface area contributed by atoms with E-state index in [1.807, 2.05) is 18.5 Å². The second kappa shape index (κ2) is 6.93. The standard InChI is InChI=1S/C15H20N4OS2/c1-10(20)13-7-11(8-21-13)9-22-15-18-17-14(19(15)2)12-3-5-16-6-4-12/h7-8,12,16H,3-6,9H2,1-2H3. The number of piperidine rings is 1. The van der Waals surface area contributed by atoms with Crippen molar-refractivity contribution in [1.29, 1.82) is 0 Å². The third kappa shape index (κ3) is 3.42. The van der Waals surface area contributed by atoms with Crippen molar-refractivity contribution < 1.29 is 4.79 Å². The van der Waals surface area contributed by atoms with Gasteiger partial charge in [0.25, 0.3) is 0 Å². The third-order valence-electron chi connectivity index (χ3n) is 3.94. The van der Waals surface area contributed by atoms with Crippen LogP contribution in [0.2, 0.25) is 0 Å². The number of Topliss-reactive ketones (excluding diaryl/α,β-unsaturated/α-hetero) is 1. The quantitative estimate of drug-likeness (QED) is 0.672. The first-order chi connectivity index (χ1) is 10.6. The minimum absolute atomic E-state index is 0.133. The van der Waals surface area contributed by atoms with Crippen LogP contribution in [0.15, 0.2) is 16.6 Å². The lowest BCUT2D eigenvalue weighted by molar-refractivity contribution is 0.102. The zero-order chi connectivity index (χ0) is 15.5. The van der Waals surface area contributed by atoms with Crippen LogP contribution in [0.3, 0.4) is 0 Å². The summed E-state index contributed by atoms with van der Waals surface area (Å²) in [5, 5.41) is 15.1. The van der Waals surface area contributed by atoms with Crippen LogP contribution in [0.4, 0.5) is 0 Å². The maximum Gasteiger partial charge on any atom is 0.191 e. The molecule has 0 aromatic carbocycles. The largest absolute Gasteiger partial charge is 0.317 e. The van der Waals surface area contributed by atoms with Gasteiger partial charge < -0.3 is 9.88 Å². The second-order valence-electron chi connectivity index (χ2n) is 5.59. The first-order valence-corrected chi connectivity index (χ1v) is 9.33. The number of carbonyl (C=O) groups is 1. The maximum absolute atomic E-state index is 11.3. The number of nitrogens with one attached hydrogen (secondary N) is 1. The number of hydrogen-bond acceptors (Lipinski definition) is 6. The average Bonchev–Trinajstić information content (AvgIpc) is 3.13. The second-order valence-corrected chi connectivity index (χ2v) is 7.44. The molecule has 1 fully saturated rings. The van der Waals surface area contributed by atoms with Crippen LogP contribution in [-0.4, -0.2) is 33.6 Å².